The van der Waals surface area contributed by atoms with Crippen LogP contribution in [0.4, 0.5) is 5.69 Å². The Labute approximate surface area is 223 Å². The smallest absolute Gasteiger partial charge is 0.247 e. The van der Waals surface area contributed by atoms with Crippen LogP contribution in [0.25, 0.3) is 11.3 Å². The molecule has 0 saturated carbocycles. The average Bonchev–Trinajstić information content (AvgIpc) is 3.02. The largest absolute Gasteiger partial charge is 0.490 e. The molecule has 0 spiro atoms. The van der Waals surface area contributed by atoms with E-state index in [0.717, 1.165) is 5.56 Å². The predicted molar refractivity (Wildman–Crippen MR) is 144 cm³/mol. The maximum Gasteiger partial charge on any atom is 0.247 e. The van der Waals surface area contributed by atoms with Gasteiger partial charge in [0, 0.05) is 17.5 Å². The summed E-state index contributed by atoms with van der Waals surface area (Å²) in [6.07, 6.45) is 3.74. The number of benzene rings is 2. The number of fused-ring (bicyclic) bond motifs is 3. The maximum absolute atomic E-state index is 13.6. The summed E-state index contributed by atoms with van der Waals surface area (Å²) in [5.74, 6) is 1.30. The Morgan fingerprint density at radius 3 is 2.78 bits per heavy atom. The van der Waals surface area contributed by atoms with Gasteiger partial charge in [0.15, 0.2) is 17.2 Å². The summed E-state index contributed by atoms with van der Waals surface area (Å²) in [4.78, 5) is 19.8. The van der Waals surface area contributed by atoms with Crippen LogP contribution in [-0.4, -0.2) is 40.6 Å². The average molecular weight is 571 g/mol. The van der Waals surface area contributed by atoms with Crippen molar-refractivity contribution >= 4 is 39.3 Å². The molecule has 0 bridgehead atoms. The zero-order chi connectivity index (χ0) is 25.7. The van der Waals surface area contributed by atoms with Crippen LogP contribution in [0.1, 0.15) is 38.5 Å². The van der Waals surface area contributed by atoms with Crippen molar-refractivity contribution in [3.63, 3.8) is 0 Å². The van der Waals surface area contributed by atoms with Crippen molar-refractivity contribution in [2.24, 2.45) is 0 Å². The van der Waals surface area contributed by atoms with Crippen molar-refractivity contribution in [2.75, 3.05) is 24.4 Å². The van der Waals surface area contributed by atoms with Gasteiger partial charge in [0.05, 0.1) is 16.8 Å². The van der Waals surface area contributed by atoms with Gasteiger partial charge in [-0.15, -0.1) is 10.2 Å². The molecule has 4 rings (SSSR count). The molecule has 10 heteroatoms. The van der Waals surface area contributed by atoms with E-state index in [1.807, 2.05) is 56.5 Å². The summed E-state index contributed by atoms with van der Waals surface area (Å²) >= 11 is 4.98. The van der Waals surface area contributed by atoms with Crippen LogP contribution in [0, 0.1) is 0 Å². The fourth-order valence-electron chi connectivity index (χ4n) is 3.90. The molecule has 3 aromatic rings. The maximum atomic E-state index is 13.6. The van der Waals surface area contributed by atoms with Crippen LogP contribution in [0.15, 0.2) is 58.7 Å². The molecule has 1 aliphatic heterocycles. The van der Waals surface area contributed by atoms with Gasteiger partial charge in [-0.1, -0.05) is 49.5 Å². The number of anilines is 1. The van der Waals surface area contributed by atoms with Crippen LogP contribution in [0.5, 0.6) is 17.4 Å². The van der Waals surface area contributed by atoms with Gasteiger partial charge in [-0.2, -0.15) is 4.98 Å². The van der Waals surface area contributed by atoms with Gasteiger partial charge in [0.2, 0.25) is 23.2 Å². The molecule has 0 fully saturated rings. The Morgan fingerprint density at radius 1 is 1.25 bits per heavy atom. The molecule has 1 aliphatic rings. The first-order chi connectivity index (χ1) is 17.5. The summed E-state index contributed by atoms with van der Waals surface area (Å²) in [5.41, 5.74) is 2.57. The first-order valence-corrected chi connectivity index (χ1v) is 13.6. The van der Waals surface area contributed by atoms with Gasteiger partial charge >= 0.3 is 0 Å². The number of carbonyl (C=O) groups excluding carboxylic acids is 1. The van der Waals surface area contributed by atoms with E-state index in [4.69, 9.17) is 14.2 Å². The van der Waals surface area contributed by atoms with Gasteiger partial charge in [-0.05, 0) is 53.7 Å². The van der Waals surface area contributed by atoms with Crippen molar-refractivity contribution < 1.29 is 19.0 Å². The second-order valence-corrected chi connectivity index (χ2v) is 9.44. The van der Waals surface area contributed by atoms with E-state index in [9.17, 15) is 4.79 Å². The molecule has 2 heterocycles. The molecule has 8 nitrogen and oxygen atoms in total. The standard InChI is InChI=1S/C26H27BrN4O4S/c1-5-10-21(32)31-19-12-9-8-11-17(19)22-24(28-26(36-4)30-29-22)35-25(31)16-14-18(27)23(34-13-6-2)20(15-16)33-7-3/h6,8-9,11-12,14-15,25H,2,5,7,10,13H2,1,3-4H3. The van der Waals surface area contributed by atoms with Crippen molar-refractivity contribution in [1.29, 1.82) is 0 Å². The zero-order valence-corrected chi connectivity index (χ0v) is 22.8. The number of ether oxygens (including phenoxy) is 3. The van der Waals surface area contributed by atoms with Crippen molar-refractivity contribution in [2.45, 2.75) is 38.1 Å². The highest BCUT2D eigenvalue weighted by Crippen LogP contribution is 2.46. The van der Waals surface area contributed by atoms with Gasteiger partial charge in [-0.25, -0.2) is 0 Å². The van der Waals surface area contributed by atoms with Crippen molar-refractivity contribution in [1.82, 2.24) is 15.2 Å². The molecule has 0 radical (unpaired) electrons. The van der Waals surface area contributed by atoms with Crippen LogP contribution in [-0.2, 0) is 4.79 Å². The number of carbonyl (C=O) groups is 1. The Hall–Kier alpha value is -3.11. The minimum Gasteiger partial charge on any atom is -0.490 e. The summed E-state index contributed by atoms with van der Waals surface area (Å²) in [6.45, 7) is 8.35. The second-order valence-electron chi connectivity index (χ2n) is 7.82. The highest BCUT2D eigenvalue weighted by molar-refractivity contribution is 9.10. The fourth-order valence-corrected chi connectivity index (χ4v) is 4.77. The minimum atomic E-state index is -0.832. The summed E-state index contributed by atoms with van der Waals surface area (Å²) in [5, 5.41) is 9.10. The van der Waals surface area contributed by atoms with E-state index >= 15 is 0 Å². The Bertz CT molecular complexity index is 1270. The molecule has 36 heavy (non-hydrogen) atoms. The van der Waals surface area contributed by atoms with E-state index in [1.54, 1.807) is 11.0 Å². The number of nitrogens with zero attached hydrogens (tertiary/aromatic N) is 4. The lowest BCUT2D eigenvalue weighted by atomic mass is 10.1. The van der Waals surface area contributed by atoms with Crippen molar-refractivity contribution in [3.8, 4) is 28.6 Å². The lowest BCUT2D eigenvalue weighted by molar-refractivity contribution is -0.120. The number of rotatable bonds is 9. The van der Waals surface area contributed by atoms with Gasteiger partial charge in [0.1, 0.15) is 6.61 Å². The predicted octanol–water partition coefficient (Wildman–Crippen LogP) is 6.21. The number of halogens is 1. The third kappa shape index (κ3) is 5.19. The fraction of sp³-hybridized carbons (Fsp3) is 0.308. The van der Waals surface area contributed by atoms with E-state index in [-0.39, 0.29) is 5.91 Å². The molecule has 0 saturated heterocycles. The lowest BCUT2D eigenvalue weighted by Gasteiger charge is -2.31. The normalized spacial score (nSPS) is 14.2. The van der Waals surface area contributed by atoms with Gasteiger partial charge in [-0.3, -0.25) is 9.69 Å². The highest BCUT2D eigenvalue weighted by atomic mass is 79.9. The molecule has 188 valence electrons. The van der Waals surface area contributed by atoms with E-state index in [2.05, 4.69) is 37.7 Å². The summed E-state index contributed by atoms with van der Waals surface area (Å²) in [6, 6.07) is 11.3. The third-order valence-corrected chi connectivity index (χ3v) is 6.52. The summed E-state index contributed by atoms with van der Waals surface area (Å²) < 4.78 is 18.9. The van der Waals surface area contributed by atoms with E-state index in [0.29, 0.717) is 70.0 Å². The molecule has 1 unspecified atom stereocenters. The number of hydrogen-bond acceptors (Lipinski definition) is 8. The van der Waals surface area contributed by atoms with Crippen LogP contribution < -0.4 is 19.1 Å². The number of thioether (sulfide) groups is 1. The molecule has 0 aliphatic carbocycles. The number of para-hydroxylation sites is 1. The molecule has 0 N–H and O–H groups in total. The molecular weight excluding hydrogens is 544 g/mol. The first kappa shape index (κ1) is 26.0. The second kappa shape index (κ2) is 11.7. The van der Waals surface area contributed by atoms with Crippen LogP contribution in [0.3, 0.4) is 0 Å². The number of amides is 1. The zero-order valence-electron chi connectivity index (χ0n) is 20.4. The molecule has 2 aromatic carbocycles. The SMILES string of the molecule is C=CCOc1c(Br)cc(C2Oc3nc(SC)nnc3-c3ccccc3N2C(=O)CCC)cc1OCC. The minimum absolute atomic E-state index is 0.0816. The highest BCUT2D eigenvalue weighted by Gasteiger charge is 2.36. The topological polar surface area (TPSA) is 86.7 Å². The van der Waals surface area contributed by atoms with Gasteiger partial charge < -0.3 is 14.2 Å². The van der Waals surface area contributed by atoms with Crippen molar-refractivity contribution in [3.05, 3.63) is 59.1 Å². The van der Waals surface area contributed by atoms with Crippen LogP contribution in [0.2, 0.25) is 0 Å². The third-order valence-electron chi connectivity index (χ3n) is 5.39. The number of hydrogen-bond donors (Lipinski definition) is 0. The quantitative estimate of drug-likeness (QED) is 0.221. The molecule has 1 atom stereocenters. The molecule has 1 amide bonds. The van der Waals surface area contributed by atoms with E-state index < -0.39 is 6.23 Å². The number of aromatic nitrogens is 3. The monoisotopic (exact) mass is 570 g/mol. The Morgan fingerprint density at radius 2 is 2.06 bits per heavy atom. The summed E-state index contributed by atoms with van der Waals surface area (Å²) in [7, 11) is 0. The molecular formula is C26H27BrN4O4S. The first-order valence-electron chi connectivity index (χ1n) is 11.6. The van der Waals surface area contributed by atoms with Crippen LogP contribution >= 0.6 is 27.7 Å². The Kier molecular flexibility index (Phi) is 8.48. The Balaban J connectivity index is 1.94. The molecule has 1 aromatic heterocycles. The lowest BCUT2D eigenvalue weighted by Crippen LogP contribution is -2.37. The van der Waals surface area contributed by atoms with E-state index in [1.165, 1.54) is 11.8 Å². The van der Waals surface area contributed by atoms with Gasteiger partial charge in [0.25, 0.3) is 0 Å².